The molecule has 0 aliphatic carbocycles. The summed E-state index contributed by atoms with van der Waals surface area (Å²) in [4.78, 5) is 25.3. The molecule has 0 aliphatic rings. The second-order valence-corrected chi connectivity index (χ2v) is 14.9. The number of unbranched alkanes of at least 4 members (excludes halogenated alkanes) is 4. The van der Waals surface area contributed by atoms with Gasteiger partial charge in [-0.05, 0) is 128 Å². The molecule has 0 saturated heterocycles. The van der Waals surface area contributed by atoms with Gasteiger partial charge in [0.15, 0.2) is 6.10 Å². The fraction of sp³-hybridized carbons (Fsp3) is 0.509. The topological polar surface area (TPSA) is 61.8 Å². The summed E-state index contributed by atoms with van der Waals surface area (Å²) in [5.41, 5.74) is 0. The van der Waals surface area contributed by atoms with Gasteiger partial charge in [0.05, 0.1) is 6.61 Å². The smallest absolute Gasteiger partial charge is 0.306 e. The van der Waals surface area contributed by atoms with Crippen molar-refractivity contribution in [2.75, 3.05) is 19.8 Å². The summed E-state index contributed by atoms with van der Waals surface area (Å²) in [5, 5.41) is 0. The molecule has 1 atom stereocenters. The van der Waals surface area contributed by atoms with Crippen LogP contribution in [0.2, 0.25) is 0 Å². The Bertz CT molecular complexity index is 1420. The maximum absolute atomic E-state index is 12.8. The number of carbonyl (C=O) groups excluding carboxylic acids is 2. The Balaban J connectivity index is 4.56. The van der Waals surface area contributed by atoms with E-state index in [4.69, 9.17) is 14.2 Å². The molecule has 62 heavy (non-hydrogen) atoms. The average Bonchev–Trinajstić information content (AvgIpc) is 3.27. The van der Waals surface area contributed by atoms with Gasteiger partial charge >= 0.3 is 11.9 Å². The summed E-state index contributed by atoms with van der Waals surface area (Å²) >= 11 is 0. The molecular weight excluding hydrogens is 765 g/mol. The minimum absolute atomic E-state index is 0.00502. The van der Waals surface area contributed by atoms with Crippen molar-refractivity contribution in [2.24, 2.45) is 0 Å². The van der Waals surface area contributed by atoms with Crippen LogP contribution in [0, 0.1) is 0 Å². The monoisotopic (exact) mass is 851 g/mol. The Morgan fingerprint density at radius 2 is 0.677 bits per heavy atom. The van der Waals surface area contributed by atoms with Crippen LogP contribution in [0.25, 0.3) is 0 Å². The summed E-state index contributed by atoms with van der Waals surface area (Å²) < 4.78 is 17.2. The van der Waals surface area contributed by atoms with Crippen molar-refractivity contribution >= 4 is 11.9 Å². The number of allylic oxidation sites excluding steroid dienone is 26. The first kappa shape index (κ1) is 57.5. The lowest BCUT2D eigenvalue weighted by atomic mass is 10.2. The van der Waals surface area contributed by atoms with E-state index in [0.29, 0.717) is 25.9 Å². The highest BCUT2D eigenvalue weighted by atomic mass is 16.6. The van der Waals surface area contributed by atoms with Gasteiger partial charge in [0, 0.05) is 19.4 Å². The lowest BCUT2D eigenvalue weighted by Gasteiger charge is -2.18. The third kappa shape index (κ3) is 48.2. The molecule has 0 aromatic heterocycles. The molecule has 0 N–H and O–H groups in total. The highest BCUT2D eigenvalue weighted by Crippen LogP contribution is 2.08. The van der Waals surface area contributed by atoms with Crippen molar-refractivity contribution in [1.29, 1.82) is 0 Å². The fourth-order valence-electron chi connectivity index (χ4n) is 5.60. The number of ether oxygens (including phenoxy) is 3. The van der Waals surface area contributed by atoms with Gasteiger partial charge in [0.1, 0.15) is 6.61 Å². The molecular formula is C57H86O5. The van der Waals surface area contributed by atoms with Gasteiger partial charge in [-0.25, -0.2) is 0 Å². The molecule has 0 heterocycles. The summed E-state index contributed by atoms with van der Waals surface area (Å²) in [6.45, 7) is 7.20. The van der Waals surface area contributed by atoms with Gasteiger partial charge in [-0.1, -0.05) is 179 Å². The summed E-state index contributed by atoms with van der Waals surface area (Å²) in [6.07, 6.45) is 75.5. The molecule has 344 valence electrons. The quantitative estimate of drug-likeness (QED) is 0.0348. The van der Waals surface area contributed by atoms with Crippen LogP contribution in [-0.4, -0.2) is 37.9 Å². The molecule has 0 aliphatic heterocycles. The summed E-state index contributed by atoms with van der Waals surface area (Å²) in [7, 11) is 0. The fourth-order valence-corrected chi connectivity index (χ4v) is 5.60. The van der Waals surface area contributed by atoms with E-state index < -0.39 is 6.10 Å². The molecule has 0 aromatic carbocycles. The van der Waals surface area contributed by atoms with Gasteiger partial charge in [-0.2, -0.15) is 0 Å². The van der Waals surface area contributed by atoms with Gasteiger partial charge in [-0.3, -0.25) is 9.59 Å². The van der Waals surface area contributed by atoms with Gasteiger partial charge in [0.25, 0.3) is 0 Å². The van der Waals surface area contributed by atoms with Crippen molar-refractivity contribution in [1.82, 2.24) is 0 Å². The molecule has 0 fully saturated rings. The van der Waals surface area contributed by atoms with E-state index in [-0.39, 0.29) is 25.2 Å². The molecule has 5 nitrogen and oxygen atoms in total. The van der Waals surface area contributed by atoms with Gasteiger partial charge in [-0.15, -0.1) is 0 Å². The van der Waals surface area contributed by atoms with Crippen LogP contribution in [0.4, 0.5) is 0 Å². The molecule has 5 heteroatoms. The molecule has 0 amide bonds. The van der Waals surface area contributed by atoms with E-state index in [1.54, 1.807) is 0 Å². The van der Waals surface area contributed by atoms with E-state index in [1.165, 1.54) is 0 Å². The van der Waals surface area contributed by atoms with E-state index in [1.807, 2.05) is 0 Å². The van der Waals surface area contributed by atoms with E-state index in [2.05, 4.69) is 179 Å². The molecule has 1 unspecified atom stereocenters. The largest absolute Gasteiger partial charge is 0.462 e. The van der Waals surface area contributed by atoms with E-state index in [9.17, 15) is 9.59 Å². The summed E-state index contributed by atoms with van der Waals surface area (Å²) in [5.74, 6) is -0.561. The minimum atomic E-state index is -0.621. The zero-order valence-electron chi connectivity index (χ0n) is 39.3. The Labute approximate surface area is 380 Å². The lowest BCUT2D eigenvalue weighted by Crippen LogP contribution is -2.30. The third-order valence-electron chi connectivity index (χ3n) is 9.04. The number of rotatable bonds is 41. The first-order valence-corrected chi connectivity index (χ1v) is 24.0. The standard InChI is InChI=1S/C57H86O5/c1-4-7-10-13-16-19-22-25-28-29-31-32-35-38-41-44-47-50-56(58)61-54-55(53-60-52-49-46-43-40-37-34-27-24-21-18-15-12-9-6-3)62-57(59)51-48-45-42-39-36-33-30-26-23-20-17-14-11-8-5-2/h7-12,16-21,25-28,30-32,34,36,38-41,43,55H,4-6,13-15,22-24,29,33,35,37,42,44-54H2,1-3H3/b10-7-,11-8-,12-9-,19-16-,20-17-,21-18-,28-25-,30-26-,32-31-,34-27-,39-36-,41-38-,43-40-. The Kier molecular flexibility index (Phi) is 47.2. The first-order valence-electron chi connectivity index (χ1n) is 24.0. The number of hydrogen-bond acceptors (Lipinski definition) is 5. The number of carbonyl (C=O) groups is 2. The normalized spacial score (nSPS) is 13.7. The van der Waals surface area contributed by atoms with Crippen LogP contribution in [0.1, 0.15) is 162 Å². The number of hydrogen-bond donors (Lipinski definition) is 0. The van der Waals surface area contributed by atoms with Crippen LogP contribution in [0.5, 0.6) is 0 Å². The second-order valence-electron chi connectivity index (χ2n) is 14.9. The molecule has 0 saturated carbocycles. The minimum Gasteiger partial charge on any atom is -0.462 e. The van der Waals surface area contributed by atoms with Crippen LogP contribution in [0.3, 0.4) is 0 Å². The SMILES string of the molecule is CC/C=C\C/C=C\C/C=C\C/C=C\C/C=C\CCCC(=O)OCC(COCCC/C=C\C/C=C\C/C=C\C/C=C\CC)OC(=O)CCCC/C=C\C/C=C\C/C=C\C/C=C\CC. The highest BCUT2D eigenvalue weighted by molar-refractivity contribution is 5.70. The highest BCUT2D eigenvalue weighted by Gasteiger charge is 2.17. The predicted molar refractivity (Wildman–Crippen MR) is 269 cm³/mol. The maximum Gasteiger partial charge on any atom is 0.306 e. The Morgan fingerprint density at radius 3 is 1.06 bits per heavy atom. The van der Waals surface area contributed by atoms with Crippen LogP contribution in [-0.2, 0) is 23.8 Å². The molecule has 0 bridgehead atoms. The van der Waals surface area contributed by atoms with Crippen molar-refractivity contribution in [3.8, 4) is 0 Å². The van der Waals surface area contributed by atoms with Crippen molar-refractivity contribution in [3.63, 3.8) is 0 Å². The average molecular weight is 851 g/mol. The summed E-state index contributed by atoms with van der Waals surface area (Å²) in [6, 6.07) is 0. The van der Waals surface area contributed by atoms with Crippen molar-refractivity contribution in [3.05, 3.63) is 158 Å². The maximum atomic E-state index is 12.8. The second kappa shape index (κ2) is 50.9. The van der Waals surface area contributed by atoms with Gasteiger partial charge in [0.2, 0.25) is 0 Å². The molecule has 0 spiro atoms. The number of esters is 2. The Morgan fingerprint density at radius 1 is 0.355 bits per heavy atom. The lowest BCUT2D eigenvalue weighted by molar-refractivity contribution is -0.162. The predicted octanol–water partition coefficient (Wildman–Crippen LogP) is 16.3. The first-order chi connectivity index (χ1) is 30.6. The van der Waals surface area contributed by atoms with Crippen LogP contribution < -0.4 is 0 Å². The Hall–Kier alpha value is -4.48. The van der Waals surface area contributed by atoms with Crippen molar-refractivity contribution < 1.29 is 23.8 Å². The zero-order chi connectivity index (χ0) is 44.9. The van der Waals surface area contributed by atoms with Gasteiger partial charge < -0.3 is 14.2 Å². The molecule has 0 radical (unpaired) electrons. The van der Waals surface area contributed by atoms with E-state index in [0.717, 1.165) is 122 Å². The third-order valence-corrected chi connectivity index (χ3v) is 9.04. The molecule has 0 rings (SSSR count). The zero-order valence-corrected chi connectivity index (χ0v) is 39.3. The molecule has 0 aromatic rings. The van der Waals surface area contributed by atoms with E-state index >= 15 is 0 Å². The van der Waals surface area contributed by atoms with Crippen LogP contribution >= 0.6 is 0 Å². The van der Waals surface area contributed by atoms with Crippen LogP contribution in [0.15, 0.2) is 158 Å². The van der Waals surface area contributed by atoms with Crippen molar-refractivity contribution in [2.45, 2.75) is 168 Å².